The van der Waals surface area contributed by atoms with Crippen LogP contribution in [0.2, 0.25) is 0 Å². The Morgan fingerprint density at radius 1 is 1.19 bits per heavy atom. The number of aromatic nitrogens is 3. The number of carbonyl (C=O) groups is 1. The molecule has 1 fully saturated rings. The highest BCUT2D eigenvalue weighted by atomic mass is 32.2. The second kappa shape index (κ2) is 7.60. The van der Waals surface area contributed by atoms with Gasteiger partial charge in [0, 0.05) is 18.8 Å². The minimum Gasteiger partial charge on any atom is -0.469 e. The topological polar surface area (TPSA) is 64.2 Å². The van der Waals surface area contributed by atoms with Gasteiger partial charge in [-0.15, -0.1) is 10.2 Å². The maximum Gasteiger partial charge on any atom is 0.233 e. The van der Waals surface area contributed by atoms with E-state index >= 15 is 0 Å². The maximum absolute atomic E-state index is 12.4. The van der Waals surface area contributed by atoms with E-state index < -0.39 is 0 Å². The average molecular weight is 382 g/mol. The van der Waals surface area contributed by atoms with E-state index in [-0.39, 0.29) is 5.91 Å². The summed E-state index contributed by atoms with van der Waals surface area (Å²) < 4.78 is 7.47. The van der Waals surface area contributed by atoms with Gasteiger partial charge < -0.3 is 9.32 Å². The predicted octanol–water partition coefficient (Wildman–Crippen LogP) is 3.86. The summed E-state index contributed by atoms with van der Waals surface area (Å²) in [6, 6.07) is 10.1. The predicted molar refractivity (Wildman–Crippen MR) is 105 cm³/mol. The molecule has 3 heterocycles. The Hall–Kier alpha value is -2.54. The molecule has 1 saturated heterocycles. The third kappa shape index (κ3) is 3.64. The molecule has 0 unspecified atom stereocenters. The third-order valence-electron chi connectivity index (χ3n) is 4.78. The van der Waals surface area contributed by atoms with E-state index in [1.54, 1.807) is 6.26 Å². The normalized spacial score (nSPS) is 14.1. The summed E-state index contributed by atoms with van der Waals surface area (Å²) in [4.78, 5) is 14.4. The molecule has 6 nitrogen and oxygen atoms in total. The van der Waals surface area contributed by atoms with Crippen molar-refractivity contribution in [3.8, 4) is 17.1 Å². The van der Waals surface area contributed by atoms with Crippen molar-refractivity contribution in [1.82, 2.24) is 19.7 Å². The highest BCUT2D eigenvalue weighted by Crippen LogP contribution is 2.30. The van der Waals surface area contributed by atoms with Crippen molar-refractivity contribution >= 4 is 17.7 Å². The lowest BCUT2D eigenvalue weighted by Crippen LogP contribution is -2.29. The highest BCUT2D eigenvalue weighted by molar-refractivity contribution is 7.99. The standard InChI is InChI=1S/C20H22N4O2S/c1-14-6-5-7-16(12-14)24-19(17-8-11-26-15(17)2)21-22-20(24)27-13-18(25)23-9-3-4-10-23/h5-8,11-12H,3-4,9-10,13H2,1-2H3. The molecule has 1 aliphatic heterocycles. The number of hydrogen-bond donors (Lipinski definition) is 0. The molecule has 0 bridgehead atoms. The number of amides is 1. The van der Waals surface area contributed by atoms with Crippen molar-refractivity contribution in [1.29, 1.82) is 0 Å². The monoisotopic (exact) mass is 382 g/mol. The van der Waals surface area contributed by atoms with Gasteiger partial charge in [-0.3, -0.25) is 9.36 Å². The first kappa shape index (κ1) is 17.9. The van der Waals surface area contributed by atoms with Gasteiger partial charge in [0.25, 0.3) is 0 Å². The van der Waals surface area contributed by atoms with Gasteiger partial charge in [0.05, 0.1) is 17.6 Å². The molecule has 0 aliphatic carbocycles. The summed E-state index contributed by atoms with van der Waals surface area (Å²) in [5.74, 6) is 2.05. The number of thioether (sulfide) groups is 1. The molecule has 0 radical (unpaired) electrons. The van der Waals surface area contributed by atoms with Crippen molar-refractivity contribution in [2.75, 3.05) is 18.8 Å². The smallest absolute Gasteiger partial charge is 0.233 e. The number of likely N-dealkylation sites (tertiary alicyclic amines) is 1. The number of benzene rings is 1. The molecule has 3 aromatic rings. The zero-order valence-corrected chi connectivity index (χ0v) is 16.3. The number of aryl methyl sites for hydroxylation is 2. The van der Waals surface area contributed by atoms with E-state index in [0.717, 1.165) is 54.3 Å². The molecule has 2 aromatic heterocycles. The Kier molecular flexibility index (Phi) is 5.03. The molecule has 1 aliphatic rings. The van der Waals surface area contributed by atoms with Crippen LogP contribution in [0.1, 0.15) is 24.2 Å². The lowest BCUT2D eigenvalue weighted by Gasteiger charge is -2.15. The quantitative estimate of drug-likeness (QED) is 0.627. The number of carbonyl (C=O) groups excluding carboxylic acids is 1. The van der Waals surface area contributed by atoms with Crippen molar-refractivity contribution < 1.29 is 9.21 Å². The molecular formula is C20H22N4O2S. The van der Waals surface area contributed by atoms with Crippen molar-refractivity contribution in [3.05, 3.63) is 47.9 Å². The van der Waals surface area contributed by atoms with Crippen LogP contribution in [0.15, 0.2) is 46.2 Å². The van der Waals surface area contributed by atoms with Crippen LogP contribution in [0.5, 0.6) is 0 Å². The number of hydrogen-bond acceptors (Lipinski definition) is 5. The fourth-order valence-electron chi connectivity index (χ4n) is 3.34. The zero-order chi connectivity index (χ0) is 18.8. The molecule has 140 valence electrons. The van der Waals surface area contributed by atoms with Crippen LogP contribution in [0.25, 0.3) is 17.1 Å². The summed E-state index contributed by atoms with van der Waals surface area (Å²) in [5.41, 5.74) is 3.04. The van der Waals surface area contributed by atoms with Crippen LogP contribution in [-0.2, 0) is 4.79 Å². The molecule has 27 heavy (non-hydrogen) atoms. The highest BCUT2D eigenvalue weighted by Gasteiger charge is 2.22. The van der Waals surface area contributed by atoms with Gasteiger partial charge in [-0.2, -0.15) is 0 Å². The first-order chi connectivity index (χ1) is 13.1. The Morgan fingerprint density at radius 3 is 2.70 bits per heavy atom. The van der Waals surface area contributed by atoms with Gasteiger partial charge in [-0.1, -0.05) is 23.9 Å². The minimum atomic E-state index is 0.164. The Morgan fingerprint density at radius 2 is 2.00 bits per heavy atom. The summed E-state index contributed by atoms with van der Waals surface area (Å²) in [6.07, 6.45) is 3.85. The summed E-state index contributed by atoms with van der Waals surface area (Å²) >= 11 is 1.43. The van der Waals surface area contributed by atoms with Gasteiger partial charge >= 0.3 is 0 Å². The van der Waals surface area contributed by atoms with E-state index in [9.17, 15) is 4.79 Å². The van der Waals surface area contributed by atoms with E-state index in [2.05, 4.69) is 29.3 Å². The summed E-state index contributed by atoms with van der Waals surface area (Å²) in [6.45, 7) is 5.70. The van der Waals surface area contributed by atoms with Crippen LogP contribution in [-0.4, -0.2) is 44.4 Å². The lowest BCUT2D eigenvalue weighted by molar-refractivity contribution is -0.127. The van der Waals surface area contributed by atoms with Gasteiger partial charge in [0.1, 0.15) is 5.76 Å². The minimum absolute atomic E-state index is 0.164. The zero-order valence-electron chi connectivity index (χ0n) is 15.5. The van der Waals surface area contributed by atoms with Crippen molar-refractivity contribution in [2.45, 2.75) is 31.8 Å². The first-order valence-corrected chi connectivity index (χ1v) is 10.1. The molecular weight excluding hydrogens is 360 g/mol. The molecule has 0 spiro atoms. The van der Waals surface area contributed by atoms with E-state index in [1.807, 2.05) is 34.6 Å². The van der Waals surface area contributed by atoms with Crippen molar-refractivity contribution in [2.24, 2.45) is 0 Å². The molecule has 1 amide bonds. The maximum atomic E-state index is 12.4. The average Bonchev–Trinajstić information content (AvgIpc) is 3.40. The van der Waals surface area contributed by atoms with Gasteiger partial charge in [0.2, 0.25) is 5.91 Å². The fraction of sp³-hybridized carbons (Fsp3) is 0.350. The van der Waals surface area contributed by atoms with Crippen LogP contribution in [0.4, 0.5) is 0 Å². The number of nitrogens with zero attached hydrogens (tertiary/aromatic N) is 4. The van der Waals surface area contributed by atoms with Crippen molar-refractivity contribution in [3.63, 3.8) is 0 Å². The lowest BCUT2D eigenvalue weighted by atomic mass is 10.2. The van der Waals surface area contributed by atoms with Gasteiger partial charge in [-0.05, 0) is 50.5 Å². The largest absolute Gasteiger partial charge is 0.469 e. The summed E-state index contributed by atoms with van der Waals surface area (Å²) in [7, 11) is 0. The Balaban J connectivity index is 1.68. The van der Waals surface area contributed by atoms with Crippen LogP contribution < -0.4 is 0 Å². The molecule has 4 rings (SSSR count). The van der Waals surface area contributed by atoms with Gasteiger partial charge in [-0.25, -0.2) is 0 Å². The second-order valence-electron chi connectivity index (χ2n) is 6.75. The Bertz CT molecular complexity index is 957. The fourth-order valence-corrected chi connectivity index (χ4v) is 4.19. The first-order valence-electron chi connectivity index (χ1n) is 9.11. The summed E-state index contributed by atoms with van der Waals surface area (Å²) in [5, 5.41) is 9.50. The second-order valence-corrected chi connectivity index (χ2v) is 7.69. The SMILES string of the molecule is Cc1cccc(-n2c(SCC(=O)N3CCCC3)nnc2-c2ccoc2C)c1. The van der Waals surface area contributed by atoms with Crippen LogP contribution in [0.3, 0.4) is 0 Å². The van der Waals surface area contributed by atoms with Gasteiger partial charge in [0.15, 0.2) is 11.0 Å². The number of rotatable bonds is 5. The molecule has 7 heteroatoms. The van der Waals surface area contributed by atoms with E-state index in [0.29, 0.717) is 10.9 Å². The third-order valence-corrected chi connectivity index (χ3v) is 5.69. The Labute approximate surface area is 162 Å². The van der Waals surface area contributed by atoms with Crippen LogP contribution >= 0.6 is 11.8 Å². The molecule has 0 N–H and O–H groups in total. The molecule has 0 saturated carbocycles. The number of furan rings is 1. The van der Waals surface area contributed by atoms with E-state index in [4.69, 9.17) is 4.42 Å². The van der Waals surface area contributed by atoms with Crippen LogP contribution in [0, 0.1) is 13.8 Å². The molecule has 0 atom stereocenters. The molecule has 1 aromatic carbocycles. The van der Waals surface area contributed by atoms with E-state index in [1.165, 1.54) is 11.8 Å².